The van der Waals surface area contributed by atoms with Crippen LogP contribution in [0.3, 0.4) is 0 Å². The van der Waals surface area contributed by atoms with Gasteiger partial charge in [-0.25, -0.2) is 0 Å². The van der Waals surface area contributed by atoms with Crippen LogP contribution in [0.25, 0.3) is 0 Å². The largest absolute Gasteiger partial charge is 0.381 e. The van der Waals surface area contributed by atoms with Crippen molar-refractivity contribution in [2.45, 2.75) is 32.4 Å². The minimum absolute atomic E-state index is 0.0567. The molecule has 0 spiro atoms. The van der Waals surface area contributed by atoms with Crippen LogP contribution in [0.4, 0.5) is 0 Å². The number of hydrogen-bond donors (Lipinski definition) is 1. The molecule has 1 aliphatic carbocycles. The summed E-state index contributed by atoms with van der Waals surface area (Å²) in [5, 5.41) is 10.5. The fourth-order valence-electron chi connectivity index (χ4n) is 2.05. The maximum Gasteiger partial charge on any atom is 0.282 e. The first-order valence-electron chi connectivity index (χ1n) is 5.28. The summed E-state index contributed by atoms with van der Waals surface area (Å²) in [6.45, 7) is 4.14. The smallest absolute Gasteiger partial charge is 0.282 e. The molecule has 1 amide bonds. The normalized spacial score (nSPS) is 26.4. The fraction of sp³-hybridized carbons (Fsp3) is 0.700. The van der Waals surface area contributed by atoms with Crippen molar-refractivity contribution < 1.29 is 9.53 Å². The van der Waals surface area contributed by atoms with Crippen molar-refractivity contribution in [3.8, 4) is 0 Å². The molecule has 1 aromatic heterocycles. The fourth-order valence-corrected chi connectivity index (χ4v) is 2.78. The van der Waals surface area contributed by atoms with E-state index in [4.69, 9.17) is 16.3 Å². The van der Waals surface area contributed by atoms with E-state index in [0.29, 0.717) is 5.01 Å². The number of rotatable bonds is 3. The number of nitrogens with zero attached hydrogens (tertiary/aromatic N) is 2. The summed E-state index contributed by atoms with van der Waals surface area (Å²) < 4.78 is 5.60. The van der Waals surface area contributed by atoms with Gasteiger partial charge in [0.05, 0.1) is 6.10 Å². The van der Waals surface area contributed by atoms with Crippen LogP contribution in [-0.4, -0.2) is 35.4 Å². The molecule has 94 valence electrons. The summed E-state index contributed by atoms with van der Waals surface area (Å²) in [6.07, 6.45) is 1.01. The molecule has 1 fully saturated rings. The molecule has 1 N–H and O–H groups in total. The molecule has 0 saturated heterocycles. The highest BCUT2D eigenvalue weighted by Crippen LogP contribution is 2.42. The van der Waals surface area contributed by atoms with Crippen molar-refractivity contribution in [2.75, 3.05) is 7.11 Å². The zero-order valence-corrected chi connectivity index (χ0v) is 11.4. The van der Waals surface area contributed by atoms with Crippen LogP contribution in [0.2, 0.25) is 4.47 Å². The van der Waals surface area contributed by atoms with Crippen LogP contribution < -0.4 is 5.32 Å². The quantitative estimate of drug-likeness (QED) is 0.913. The molecule has 0 aromatic carbocycles. The third-order valence-corrected chi connectivity index (χ3v) is 4.38. The van der Waals surface area contributed by atoms with Gasteiger partial charge in [-0.05, 0) is 18.0 Å². The molecule has 2 rings (SSSR count). The molecule has 0 aliphatic heterocycles. The number of carbonyl (C=O) groups is 1. The van der Waals surface area contributed by atoms with E-state index in [1.54, 1.807) is 7.11 Å². The molecule has 2 unspecified atom stereocenters. The molecule has 1 aromatic rings. The summed E-state index contributed by atoms with van der Waals surface area (Å²) in [4.78, 5) is 11.8. The van der Waals surface area contributed by atoms with Gasteiger partial charge in [-0.15, -0.1) is 10.2 Å². The van der Waals surface area contributed by atoms with Crippen molar-refractivity contribution in [1.82, 2.24) is 15.5 Å². The highest BCUT2D eigenvalue weighted by Gasteiger charge is 2.49. The number of hydrogen-bond acceptors (Lipinski definition) is 5. The predicted molar refractivity (Wildman–Crippen MR) is 65.4 cm³/mol. The van der Waals surface area contributed by atoms with Crippen LogP contribution in [0, 0.1) is 5.41 Å². The van der Waals surface area contributed by atoms with Gasteiger partial charge in [0.25, 0.3) is 5.91 Å². The Balaban J connectivity index is 1.97. The second-order valence-corrected chi connectivity index (χ2v) is 6.23. The molecule has 1 saturated carbocycles. The van der Waals surface area contributed by atoms with Crippen molar-refractivity contribution in [2.24, 2.45) is 5.41 Å². The lowest BCUT2D eigenvalue weighted by atomic mass is 9.64. The van der Waals surface area contributed by atoms with Crippen LogP contribution in [0.1, 0.15) is 30.1 Å². The molecular weight excluding hydrogens is 262 g/mol. The van der Waals surface area contributed by atoms with Crippen LogP contribution in [-0.2, 0) is 4.74 Å². The molecule has 17 heavy (non-hydrogen) atoms. The summed E-state index contributed by atoms with van der Waals surface area (Å²) in [6, 6.07) is 0.0997. The molecule has 0 bridgehead atoms. The van der Waals surface area contributed by atoms with Crippen LogP contribution in [0.5, 0.6) is 0 Å². The highest BCUT2D eigenvalue weighted by atomic mass is 35.5. The molecule has 7 heteroatoms. The second kappa shape index (κ2) is 4.51. The van der Waals surface area contributed by atoms with Crippen LogP contribution >= 0.6 is 22.9 Å². The number of carbonyl (C=O) groups excluding carboxylic acids is 1. The SMILES string of the molecule is COC1CC(NC(=O)c2nnc(Cl)s2)C1(C)C. The van der Waals surface area contributed by atoms with E-state index < -0.39 is 0 Å². The van der Waals surface area contributed by atoms with Gasteiger partial charge < -0.3 is 10.1 Å². The predicted octanol–water partition coefficient (Wildman–Crippen LogP) is 1.73. The first-order chi connectivity index (χ1) is 7.95. The van der Waals surface area contributed by atoms with Gasteiger partial charge >= 0.3 is 0 Å². The summed E-state index contributed by atoms with van der Waals surface area (Å²) in [7, 11) is 1.69. The van der Waals surface area contributed by atoms with E-state index in [9.17, 15) is 4.79 Å². The molecule has 2 atom stereocenters. The first kappa shape index (κ1) is 12.7. The number of amides is 1. The van der Waals surface area contributed by atoms with E-state index in [2.05, 4.69) is 29.4 Å². The Kier molecular flexibility index (Phi) is 3.38. The Hall–Kier alpha value is -0.720. The molecule has 0 radical (unpaired) electrons. The van der Waals surface area contributed by atoms with Crippen LogP contribution in [0.15, 0.2) is 0 Å². The lowest BCUT2D eigenvalue weighted by molar-refractivity contribution is -0.0942. The van der Waals surface area contributed by atoms with Crippen molar-refractivity contribution in [3.05, 3.63) is 9.47 Å². The minimum Gasteiger partial charge on any atom is -0.381 e. The average molecular weight is 276 g/mol. The average Bonchev–Trinajstić information content (AvgIpc) is 2.70. The molecule has 1 heterocycles. The zero-order valence-electron chi connectivity index (χ0n) is 9.86. The van der Waals surface area contributed by atoms with Gasteiger partial charge in [0.15, 0.2) is 0 Å². The van der Waals surface area contributed by atoms with E-state index in [-0.39, 0.29) is 27.9 Å². The van der Waals surface area contributed by atoms with E-state index in [1.165, 1.54) is 0 Å². The Labute approximate surface area is 109 Å². The molecule has 1 aliphatic rings. The number of nitrogens with one attached hydrogen (secondary N) is 1. The minimum atomic E-state index is -0.220. The zero-order chi connectivity index (χ0) is 12.6. The van der Waals surface area contributed by atoms with Gasteiger partial charge in [0, 0.05) is 18.6 Å². The third kappa shape index (κ3) is 2.29. The first-order valence-corrected chi connectivity index (χ1v) is 6.47. The number of aromatic nitrogens is 2. The molecular formula is C10H14ClN3O2S. The molecule has 5 nitrogen and oxygen atoms in total. The summed E-state index contributed by atoms with van der Waals surface area (Å²) in [5.41, 5.74) is -0.0567. The lowest BCUT2D eigenvalue weighted by Crippen LogP contribution is -2.61. The maximum absolute atomic E-state index is 11.8. The van der Waals surface area contributed by atoms with Gasteiger partial charge in [-0.3, -0.25) is 4.79 Å². The van der Waals surface area contributed by atoms with Gasteiger partial charge in [0.1, 0.15) is 0 Å². The Morgan fingerprint density at radius 2 is 2.29 bits per heavy atom. The van der Waals surface area contributed by atoms with Gasteiger partial charge in [0.2, 0.25) is 9.47 Å². The Morgan fingerprint density at radius 1 is 1.59 bits per heavy atom. The number of halogens is 1. The monoisotopic (exact) mass is 275 g/mol. The Bertz CT molecular complexity index is 435. The van der Waals surface area contributed by atoms with E-state index in [0.717, 1.165) is 17.8 Å². The van der Waals surface area contributed by atoms with Gasteiger partial charge in [-0.1, -0.05) is 25.2 Å². The van der Waals surface area contributed by atoms with E-state index in [1.807, 2.05) is 0 Å². The second-order valence-electron chi connectivity index (χ2n) is 4.67. The maximum atomic E-state index is 11.8. The highest BCUT2D eigenvalue weighted by molar-refractivity contribution is 7.17. The Morgan fingerprint density at radius 3 is 2.76 bits per heavy atom. The van der Waals surface area contributed by atoms with Gasteiger partial charge in [-0.2, -0.15) is 0 Å². The number of ether oxygens (including phenoxy) is 1. The van der Waals surface area contributed by atoms with Crippen molar-refractivity contribution in [3.63, 3.8) is 0 Å². The summed E-state index contributed by atoms with van der Waals surface area (Å²) in [5.74, 6) is -0.220. The summed E-state index contributed by atoms with van der Waals surface area (Å²) >= 11 is 6.71. The number of methoxy groups -OCH3 is 1. The standard InChI is InChI=1S/C10H14ClN3O2S/c1-10(2)5(4-6(10)16-3)12-7(15)8-13-14-9(11)17-8/h5-6H,4H2,1-3H3,(H,12,15). The lowest BCUT2D eigenvalue weighted by Gasteiger charge is -2.51. The van der Waals surface area contributed by atoms with Crippen molar-refractivity contribution >= 4 is 28.8 Å². The third-order valence-electron chi connectivity index (χ3n) is 3.36. The van der Waals surface area contributed by atoms with E-state index >= 15 is 0 Å². The van der Waals surface area contributed by atoms with Crippen molar-refractivity contribution in [1.29, 1.82) is 0 Å². The topological polar surface area (TPSA) is 64.1 Å².